The van der Waals surface area contributed by atoms with E-state index in [0.717, 1.165) is 86.3 Å². The van der Waals surface area contributed by atoms with Gasteiger partial charge in [-0.05, 0) is 51.5 Å². The van der Waals surface area contributed by atoms with Gasteiger partial charge in [-0.15, -0.1) is 0 Å². The Morgan fingerprint density at radius 1 is 1.28 bits per heavy atom. The second kappa shape index (κ2) is 8.71. The van der Waals surface area contributed by atoms with E-state index in [1.165, 1.54) is 7.11 Å². The Morgan fingerprint density at radius 3 is 2.78 bits per heavy atom. The minimum atomic E-state index is -0.404. The quantitative estimate of drug-likeness (QED) is 0.683. The standard InChI is InChI=1S/C23H31N5O4/c1-3-28-21-18(14-25-28)20(26-16-6-10-31-11-7-16)17(13-24-21)19-12-23(32-27-19)8-4-15(5-9-23)22(29)30-2/h12-16,27H,3-11H2,1-2H3,(H,24,26). The lowest BCUT2D eigenvalue weighted by Gasteiger charge is -2.32. The largest absolute Gasteiger partial charge is 0.469 e. The van der Waals surface area contributed by atoms with Gasteiger partial charge in [0.2, 0.25) is 0 Å². The molecular weight excluding hydrogens is 410 g/mol. The van der Waals surface area contributed by atoms with Crippen molar-refractivity contribution in [3.63, 3.8) is 0 Å². The van der Waals surface area contributed by atoms with Gasteiger partial charge in [0, 0.05) is 37.6 Å². The number of aromatic nitrogens is 3. The first-order valence-electron chi connectivity index (χ1n) is 11.6. The van der Waals surface area contributed by atoms with Crippen LogP contribution in [-0.2, 0) is 25.7 Å². The van der Waals surface area contributed by atoms with E-state index in [0.29, 0.717) is 6.04 Å². The fourth-order valence-electron chi connectivity index (χ4n) is 5.03. The molecule has 2 aromatic heterocycles. The molecule has 1 saturated carbocycles. The number of methoxy groups -OCH3 is 1. The number of rotatable bonds is 5. The topological polar surface area (TPSA) is 99.5 Å². The molecule has 1 spiro atoms. The number of hydrogen-bond acceptors (Lipinski definition) is 8. The van der Waals surface area contributed by atoms with Crippen LogP contribution in [0.5, 0.6) is 0 Å². The molecule has 9 nitrogen and oxygen atoms in total. The van der Waals surface area contributed by atoms with Gasteiger partial charge in [-0.3, -0.25) is 15.1 Å². The smallest absolute Gasteiger partial charge is 0.308 e. The Labute approximate surface area is 187 Å². The van der Waals surface area contributed by atoms with Gasteiger partial charge < -0.3 is 14.8 Å². The van der Waals surface area contributed by atoms with Crippen molar-refractivity contribution < 1.29 is 19.1 Å². The maximum Gasteiger partial charge on any atom is 0.308 e. The number of nitrogens with one attached hydrogen (secondary N) is 2. The number of hydroxylamine groups is 1. The lowest BCUT2D eigenvalue weighted by atomic mass is 9.78. The second-order valence-corrected chi connectivity index (χ2v) is 8.90. The number of pyridine rings is 1. The van der Waals surface area contributed by atoms with Crippen LogP contribution in [0, 0.1) is 5.92 Å². The number of hydrogen-bond donors (Lipinski definition) is 2. The zero-order valence-electron chi connectivity index (χ0n) is 18.7. The molecule has 32 heavy (non-hydrogen) atoms. The first-order valence-corrected chi connectivity index (χ1v) is 11.6. The summed E-state index contributed by atoms with van der Waals surface area (Å²) in [4.78, 5) is 22.7. The molecule has 2 N–H and O–H groups in total. The van der Waals surface area contributed by atoms with E-state index in [4.69, 9.17) is 19.3 Å². The van der Waals surface area contributed by atoms with E-state index in [1.807, 2.05) is 17.1 Å². The third kappa shape index (κ3) is 3.84. The number of nitrogens with zero attached hydrogens (tertiary/aromatic N) is 3. The Hall–Kier alpha value is -2.65. The molecule has 0 amide bonds. The van der Waals surface area contributed by atoms with Crippen LogP contribution in [-0.4, -0.2) is 52.7 Å². The molecule has 4 heterocycles. The maximum absolute atomic E-state index is 11.9. The molecule has 2 aliphatic heterocycles. The molecule has 172 valence electrons. The highest BCUT2D eigenvalue weighted by Gasteiger charge is 2.41. The van der Waals surface area contributed by atoms with Crippen molar-refractivity contribution in [3.8, 4) is 0 Å². The van der Waals surface area contributed by atoms with Crippen LogP contribution >= 0.6 is 0 Å². The molecule has 9 heteroatoms. The van der Waals surface area contributed by atoms with Gasteiger partial charge in [0.15, 0.2) is 5.65 Å². The molecule has 0 unspecified atom stereocenters. The Bertz CT molecular complexity index is 1020. The first-order chi connectivity index (χ1) is 15.6. The fraction of sp³-hybridized carbons (Fsp3) is 0.609. The van der Waals surface area contributed by atoms with Crippen molar-refractivity contribution in [3.05, 3.63) is 24.0 Å². The number of aryl methyl sites for hydroxylation is 1. The summed E-state index contributed by atoms with van der Waals surface area (Å²) in [5.41, 5.74) is 6.56. The third-order valence-electron chi connectivity index (χ3n) is 6.96. The number of anilines is 1. The first kappa shape index (κ1) is 21.2. The molecule has 1 aliphatic carbocycles. The van der Waals surface area contributed by atoms with Gasteiger partial charge in [-0.1, -0.05) is 0 Å². The van der Waals surface area contributed by atoms with Gasteiger partial charge in [0.25, 0.3) is 0 Å². The molecule has 0 radical (unpaired) electrons. The Balaban J connectivity index is 1.46. The van der Waals surface area contributed by atoms with Gasteiger partial charge in [0.1, 0.15) is 5.60 Å². The SMILES string of the molecule is CCn1ncc2c(NC3CCOCC3)c(C3=CC4(CCC(C(=O)OC)CC4)ON3)cnc21. The number of carbonyl (C=O) groups is 1. The summed E-state index contributed by atoms with van der Waals surface area (Å²) in [6.07, 6.45) is 11.0. The predicted molar refractivity (Wildman–Crippen MR) is 120 cm³/mol. The van der Waals surface area contributed by atoms with Crippen LogP contribution in [0.2, 0.25) is 0 Å². The normalized spacial score (nSPS) is 26.2. The van der Waals surface area contributed by atoms with E-state index in [1.54, 1.807) is 0 Å². The average molecular weight is 442 g/mol. The molecular formula is C23H31N5O4. The summed E-state index contributed by atoms with van der Waals surface area (Å²) in [5.74, 6) is -0.170. The highest BCUT2D eigenvalue weighted by molar-refractivity contribution is 5.95. The van der Waals surface area contributed by atoms with Crippen molar-refractivity contribution >= 4 is 28.4 Å². The van der Waals surface area contributed by atoms with E-state index in [-0.39, 0.29) is 11.9 Å². The van der Waals surface area contributed by atoms with Crippen molar-refractivity contribution in [2.45, 2.75) is 63.6 Å². The summed E-state index contributed by atoms with van der Waals surface area (Å²) in [6, 6.07) is 0.338. The molecule has 1 saturated heterocycles. The molecule has 2 fully saturated rings. The van der Waals surface area contributed by atoms with Crippen molar-refractivity contribution in [2.24, 2.45) is 5.92 Å². The van der Waals surface area contributed by atoms with Gasteiger partial charge >= 0.3 is 5.97 Å². The molecule has 2 aromatic rings. The van der Waals surface area contributed by atoms with E-state index >= 15 is 0 Å². The van der Waals surface area contributed by atoms with Crippen LogP contribution in [0.3, 0.4) is 0 Å². The minimum Gasteiger partial charge on any atom is -0.469 e. The summed E-state index contributed by atoms with van der Waals surface area (Å²) in [6.45, 7) is 4.37. The summed E-state index contributed by atoms with van der Waals surface area (Å²) in [5, 5.41) is 9.29. The van der Waals surface area contributed by atoms with Crippen LogP contribution in [0.25, 0.3) is 16.7 Å². The summed E-state index contributed by atoms with van der Waals surface area (Å²) >= 11 is 0. The summed E-state index contributed by atoms with van der Waals surface area (Å²) < 4.78 is 12.4. The van der Waals surface area contributed by atoms with E-state index < -0.39 is 5.60 Å². The third-order valence-corrected chi connectivity index (χ3v) is 6.96. The predicted octanol–water partition coefficient (Wildman–Crippen LogP) is 3.02. The zero-order chi connectivity index (χ0) is 22.1. The molecule has 3 aliphatic rings. The van der Waals surface area contributed by atoms with Crippen LogP contribution in [0.15, 0.2) is 18.5 Å². The molecule has 0 aromatic carbocycles. The highest BCUT2D eigenvalue weighted by Crippen LogP contribution is 2.42. The second-order valence-electron chi connectivity index (χ2n) is 8.90. The lowest BCUT2D eigenvalue weighted by molar-refractivity contribution is -0.149. The highest BCUT2D eigenvalue weighted by atomic mass is 16.7. The molecule has 0 bridgehead atoms. The number of ether oxygens (including phenoxy) is 2. The van der Waals surface area contributed by atoms with Crippen LogP contribution < -0.4 is 10.8 Å². The van der Waals surface area contributed by atoms with E-state index in [9.17, 15) is 4.79 Å². The average Bonchev–Trinajstić information content (AvgIpc) is 3.44. The minimum absolute atomic E-state index is 0.0460. The van der Waals surface area contributed by atoms with Crippen LogP contribution in [0.4, 0.5) is 5.69 Å². The molecule has 0 atom stereocenters. The zero-order valence-corrected chi connectivity index (χ0v) is 18.7. The van der Waals surface area contributed by atoms with Crippen molar-refractivity contribution in [1.82, 2.24) is 20.2 Å². The van der Waals surface area contributed by atoms with Gasteiger partial charge in [0.05, 0.1) is 36.0 Å². The van der Waals surface area contributed by atoms with Gasteiger partial charge in [-0.25, -0.2) is 9.67 Å². The number of esters is 1. The maximum atomic E-state index is 11.9. The Kier molecular flexibility index (Phi) is 5.77. The summed E-state index contributed by atoms with van der Waals surface area (Å²) in [7, 11) is 1.45. The van der Waals surface area contributed by atoms with Crippen molar-refractivity contribution in [1.29, 1.82) is 0 Å². The monoisotopic (exact) mass is 441 g/mol. The van der Waals surface area contributed by atoms with Crippen molar-refractivity contribution in [2.75, 3.05) is 25.6 Å². The molecule has 5 rings (SSSR count). The van der Waals surface area contributed by atoms with Crippen LogP contribution in [0.1, 0.15) is 51.0 Å². The lowest BCUT2D eigenvalue weighted by Crippen LogP contribution is -2.36. The van der Waals surface area contributed by atoms with E-state index in [2.05, 4.69) is 28.9 Å². The van der Waals surface area contributed by atoms with Gasteiger partial charge in [-0.2, -0.15) is 5.10 Å². The number of fused-ring (bicyclic) bond motifs is 1. The Morgan fingerprint density at radius 2 is 2.06 bits per heavy atom. The fourth-order valence-corrected chi connectivity index (χ4v) is 5.03. The number of carbonyl (C=O) groups excluding carboxylic acids is 1.